The third-order valence-electron chi connectivity index (χ3n) is 3.55. The molecule has 110 valence electrons. The van der Waals surface area contributed by atoms with Crippen molar-refractivity contribution in [3.63, 3.8) is 0 Å². The Kier molecular flexibility index (Phi) is 5.78. The Morgan fingerprint density at radius 2 is 1.89 bits per heavy atom. The van der Waals surface area contributed by atoms with E-state index in [0.717, 1.165) is 6.42 Å². The van der Waals surface area contributed by atoms with Crippen molar-refractivity contribution in [2.24, 2.45) is 11.8 Å². The van der Waals surface area contributed by atoms with Gasteiger partial charge in [0.05, 0.1) is 11.7 Å². The minimum absolute atomic E-state index is 0.0629. The summed E-state index contributed by atoms with van der Waals surface area (Å²) in [5, 5.41) is 11.5. The standard InChI is InChI=1S/C12H21NO5S/c1-2-19(17,18)7-6-13-11(14)9-4-3-5-10(8-9)12(15)16/h9-10H,2-8H2,1H3,(H,13,14)(H,15,16). The van der Waals surface area contributed by atoms with Gasteiger partial charge in [0.15, 0.2) is 9.84 Å². The molecule has 0 heterocycles. The highest BCUT2D eigenvalue weighted by Crippen LogP contribution is 2.29. The van der Waals surface area contributed by atoms with Crippen molar-refractivity contribution in [1.82, 2.24) is 5.32 Å². The van der Waals surface area contributed by atoms with Crippen molar-refractivity contribution in [3.8, 4) is 0 Å². The fraction of sp³-hybridized carbons (Fsp3) is 0.833. The van der Waals surface area contributed by atoms with E-state index in [0.29, 0.717) is 19.3 Å². The van der Waals surface area contributed by atoms with Crippen LogP contribution in [0.2, 0.25) is 0 Å². The molecule has 0 radical (unpaired) electrons. The number of aliphatic carboxylic acids is 1. The highest BCUT2D eigenvalue weighted by molar-refractivity contribution is 7.91. The van der Waals surface area contributed by atoms with Crippen LogP contribution in [0.15, 0.2) is 0 Å². The minimum atomic E-state index is -3.08. The van der Waals surface area contributed by atoms with Gasteiger partial charge >= 0.3 is 5.97 Å². The van der Waals surface area contributed by atoms with E-state index < -0.39 is 21.7 Å². The number of hydrogen-bond acceptors (Lipinski definition) is 4. The molecule has 1 fully saturated rings. The fourth-order valence-electron chi connectivity index (χ4n) is 2.27. The first kappa shape index (κ1) is 15.9. The molecule has 1 aliphatic rings. The molecule has 1 rings (SSSR count). The van der Waals surface area contributed by atoms with Crippen LogP contribution in [-0.4, -0.2) is 43.5 Å². The normalized spacial score (nSPS) is 23.8. The number of nitrogens with one attached hydrogen (secondary N) is 1. The Hall–Kier alpha value is -1.11. The summed E-state index contributed by atoms with van der Waals surface area (Å²) < 4.78 is 22.5. The molecule has 6 nitrogen and oxygen atoms in total. The molecule has 7 heteroatoms. The predicted octanol–water partition coefficient (Wildman–Crippen LogP) is 0.428. The van der Waals surface area contributed by atoms with Crippen LogP contribution in [0.5, 0.6) is 0 Å². The van der Waals surface area contributed by atoms with E-state index in [9.17, 15) is 18.0 Å². The number of amides is 1. The van der Waals surface area contributed by atoms with Crippen LogP contribution in [0.3, 0.4) is 0 Å². The van der Waals surface area contributed by atoms with Gasteiger partial charge in [-0.25, -0.2) is 8.42 Å². The van der Waals surface area contributed by atoms with Crippen LogP contribution in [0.1, 0.15) is 32.6 Å². The molecule has 19 heavy (non-hydrogen) atoms. The number of sulfone groups is 1. The zero-order valence-electron chi connectivity index (χ0n) is 11.1. The summed E-state index contributed by atoms with van der Waals surface area (Å²) in [5.74, 6) is -1.84. The maximum atomic E-state index is 11.8. The molecule has 0 saturated heterocycles. The Labute approximate surface area is 113 Å². The second kappa shape index (κ2) is 6.88. The van der Waals surface area contributed by atoms with Crippen LogP contribution < -0.4 is 5.32 Å². The van der Waals surface area contributed by atoms with Gasteiger partial charge in [-0.2, -0.15) is 0 Å². The molecule has 1 amide bonds. The smallest absolute Gasteiger partial charge is 0.306 e. The molecule has 0 bridgehead atoms. The molecule has 0 aromatic rings. The van der Waals surface area contributed by atoms with Crippen molar-refractivity contribution in [2.75, 3.05) is 18.1 Å². The average molecular weight is 291 g/mol. The zero-order valence-corrected chi connectivity index (χ0v) is 11.9. The number of carboxylic acid groups (broad SMARTS) is 1. The average Bonchev–Trinajstić information content (AvgIpc) is 2.38. The molecule has 0 aromatic heterocycles. The van der Waals surface area contributed by atoms with Crippen molar-refractivity contribution < 1.29 is 23.1 Å². The van der Waals surface area contributed by atoms with Gasteiger partial charge in [-0.15, -0.1) is 0 Å². The molecule has 2 atom stereocenters. The van der Waals surface area contributed by atoms with Gasteiger partial charge in [-0.05, 0) is 19.3 Å². The summed E-state index contributed by atoms with van der Waals surface area (Å²) in [4.78, 5) is 22.7. The molecule has 0 aromatic carbocycles. The maximum Gasteiger partial charge on any atom is 0.306 e. The molecule has 0 aliphatic heterocycles. The zero-order chi connectivity index (χ0) is 14.5. The van der Waals surface area contributed by atoms with Crippen LogP contribution in [0, 0.1) is 11.8 Å². The number of carbonyl (C=O) groups is 2. The third-order valence-corrected chi connectivity index (χ3v) is 5.25. The monoisotopic (exact) mass is 291 g/mol. The molecule has 2 N–H and O–H groups in total. The van der Waals surface area contributed by atoms with Gasteiger partial charge < -0.3 is 10.4 Å². The summed E-state index contributed by atoms with van der Waals surface area (Å²) in [6.07, 6.45) is 2.36. The number of carboxylic acids is 1. The summed E-state index contributed by atoms with van der Waals surface area (Å²) in [5.41, 5.74) is 0. The van der Waals surface area contributed by atoms with Gasteiger partial charge in [0, 0.05) is 18.2 Å². The van der Waals surface area contributed by atoms with E-state index in [2.05, 4.69) is 5.32 Å². The van der Waals surface area contributed by atoms with Crippen LogP contribution in [0.25, 0.3) is 0 Å². The summed E-state index contributed by atoms with van der Waals surface area (Å²) in [6, 6.07) is 0. The van der Waals surface area contributed by atoms with Crippen molar-refractivity contribution >= 4 is 21.7 Å². The van der Waals surface area contributed by atoms with Crippen molar-refractivity contribution in [2.45, 2.75) is 32.6 Å². The van der Waals surface area contributed by atoms with Crippen molar-refractivity contribution in [1.29, 1.82) is 0 Å². The first-order valence-corrected chi connectivity index (χ1v) is 8.38. The molecule has 2 unspecified atom stereocenters. The number of hydrogen-bond donors (Lipinski definition) is 2. The van der Waals surface area contributed by atoms with E-state index in [1.54, 1.807) is 6.92 Å². The van der Waals surface area contributed by atoms with Crippen LogP contribution >= 0.6 is 0 Å². The largest absolute Gasteiger partial charge is 0.481 e. The lowest BCUT2D eigenvalue weighted by atomic mass is 9.81. The van der Waals surface area contributed by atoms with E-state index in [-0.39, 0.29) is 29.9 Å². The second-order valence-electron chi connectivity index (χ2n) is 4.93. The van der Waals surface area contributed by atoms with Gasteiger partial charge in [0.1, 0.15) is 0 Å². The van der Waals surface area contributed by atoms with Gasteiger partial charge in [-0.1, -0.05) is 13.3 Å². The topological polar surface area (TPSA) is 101 Å². The van der Waals surface area contributed by atoms with Gasteiger partial charge in [0.25, 0.3) is 0 Å². The second-order valence-corrected chi connectivity index (χ2v) is 7.40. The maximum absolute atomic E-state index is 11.8. The molecule has 0 spiro atoms. The molecule has 1 aliphatic carbocycles. The lowest BCUT2D eigenvalue weighted by molar-refractivity contribution is -0.144. The molecular weight excluding hydrogens is 270 g/mol. The lowest BCUT2D eigenvalue weighted by Crippen LogP contribution is -2.37. The SMILES string of the molecule is CCS(=O)(=O)CCNC(=O)C1CCCC(C(=O)O)C1. The summed E-state index contributed by atoms with van der Waals surface area (Å²) in [7, 11) is -3.08. The van der Waals surface area contributed by atoms with Crippen LogP contribution in [0.4, 0.5) is 0 Å². The van der Waals surface area contributed by atoms with E-state index in [1.807, 2.05) is 0 Å². The summed E-state index contributed by atoms with van der Waals surface area (Å²) in [6.45, 7) is 1.67. The Morgan fingerprint density at radius 1 is 1.26 bits per heavy atom. The number of rotatable bonds is 6. The van der Waals surface area contributed by atoms with Gasteiger partial charge in [-0.3, -0.25) is 9.59 Å². The highest BCUT2D eigenvalue weighted by Gasteiger charge is 2.30. The van der Waals surface area contributed by atoms with Crippen LogP contribution in [-0.2, 0) is 19.4 Å². The Balaban J connectivity index is 2.39. The minimum Gasteiger partial charge on any atom is -0.481 e. The van der Waals surface area contributed by atoms with E-state index >= 15 is 0 Å². The fourth-order valence-corrected chi connectivity index (χ4v) is 2.97. The highest BCUT2D eigenvalue weighted by atomic mass is 32.2. The Morgan fingerprint density at radius 3 is 2.47 bits per heavy atom. The first-order chi connectivity index (χ1) is 8.85. The predicted molar refractivity (Wildman–Crippen MR) is 70.4 cm³/mol. The molecule has 1 saturated carbocycles. The van der Waals surface area contributed by atoms with E-state index in [4.69, 9.17) is 5.11 Å². The van der Waals surface area contributed by atoms with E-state index in [1.165, 1.54) is 0 Å². The van der Waals surface area contributed by atoms with Crippen molar-refractivity contribution in [3.05, 3.63) is 0 Å². The first-order valence-electron chi connectivity index (χ1n) is 6.56. The van der Waals surface area contributed by atoms with Gasteiger partial charge in [0.2, 0.25) is 5.91 Å². The summed E-state index contributed by atoms with van der Waals surface area (Å²) >= 11 is 0. The quantitative estimate of drug-likeness (QED) is 0.739. The lowest BCUT2D eigenvalue weighted by Gasteiger charge is -2.25. The number of carbonyl (C=O) groups excluding carboxylic acids is 1. The third kappa shape index (κ3) is 5.18. The molecular formula is C12H21NO5S. The Bertz CT molecular complexity index is 431.